The van der Waals surface area contributed by atoms with Crippen LogP contribution in [0.3, 0.4) is 0 Å². The van der Waals surface area contributed by atoms with Crippen molar-refractivity contribution in [1.29, 1.82) is 0 Å². The Morgan fingerprint density at radius 2 is 1.62 bits per heavy atom. The normalized spacial score (nSPS) is 18.3. The van der Waals surface area contributed by atoms with Crippen molar-refractivity contribution in [2.75, 3.05) is 39.4 Å². The lowest BCUT2D eigenvalue weighted by atomic mass is 10.1. The Morgan fingerprint density at radius 3 is 2.31 bits per heavy atom. The number of piperazine rings is 1. The molecule has 0 radical (unpaired) electrons. The number of amides is 2. The summed E-state index contributed by atoms with van der Waals surface area (Å²) in [6.07, 6.45) is -0.654. The van der Waals surface area contributed by atoms with E-state index in [1.165, 1.54) is 0 Å². The third kappa shape index (κ3) is 4.13. The molecular formula is C22H24N2O5. The number of ether oxygens (including phenoxy) is 3. The molecule has 0 bridgehead atoms. The fourth-order valence-corrected chi connectivity index (χ4v) is 3.52. The molecule has 1 fully saturated rings. The second-order valence-corrected chi connectivity index (χ2v) is 6.94. The third-order valence-corrected chi connectivity index (χ3v) is 5.07. The molecular weight excluding hydrogens is 372 g/mol. The summed E-state index contributed by atoms with van der Waals surface area (Å²) in [7, 11) is 0. The van der Waals surface area contributed by atoms with Crippen LogP contribution in [0, 0.1) is 0 Å². The standard InChI is InChI=1S/C22H24N2O5/c1-2-27-17-9-7-16(8-10-17)21(25)23-11-13-24(14-12-23)22(26)20-15-28-18-5-3-4-6-19(18)29-20/h3-10,20H,2,11-15H2,1H3/t20-/m0/s1. The van der Waals surface area contributed by atoms with Crippen LogP contribution < -0.4 is 14.2 Å². The van der Waals surface area contributed by atoms with Gasteiger partial charge in [-0.15, -0.1) is 0 Å². The van der Waals surface area contributed by atoms with Crippen molar-refractivity contribution in [3.8, 4) is 17.2 Å². The minimum atomic E-state index is -0.654. The smallest absolute Gasteiger partial charge is 0.267 e. The molecule has 2 heterocycles. The maximum absolute atomic E-state index is 12.8. The zero-order valence-electron chi connectivity index (χ0n) is 16.4. The van der Waals surface area contributed by atoms with Gasteiger partial charge in [0.25, 0.3) is 11.8 Å². The quantitative estimate of drug-likeness (QED) is 0.793. The number of nitrogens with zero attached hydrogens (tertiary/aromatic N) is 2. The fraction of sp³-hybridized carbons (Fsp3) is 0.364. The second kappa shape index (κ2) is 8.43. The highest BCUT2D eigenvalue weighted by molar-refractivity contribution is 5.94. The van der Waals surface area contributed by atoms with Crippen LogP contribution in [0.25, 0.3) is 0 Å². The first-order valence-corrected chi connectivity index (χ1v) is 9.85. The van der Waals surface area contributed by atoms with E-state index in [4.69, 9.17) is 14.2 Å². The van der Waals surface area contributed by atoms with Crippen LogP contribution in [0.1, 0.15) is 17.3 Å². The van der Waals surface area contributed by atoms with Crippen molar-refractivity contribution in [3.05, 3.63) is 54.1 Å². The minimum Gasteiger partial charge on any atom is -0.494 e. The van der Waals surface area contributed by atoms with Crippen molar-refractivity contribution in [1.82, 2.24) is 9.80 Å². The average molecular weight is 396 g/mol. The first-order chi connectivity index (χ1) is 14.2. The highest BCUT2D eigenvalue weighted by Gasteiger charge is 2.33. The highest BCUT2D eigenvalue weighted by Crippen LogP contribution is 2.31. The van der Waals surface area contributed by atoms with Gasteiger partial charge < -0.3 is 24.0 Å². The molecule has 0 aromatic heterocycles. The second-order valence-electron chi connectivity index (χ2n) is 6.94. The van der Waals surface area contributed by atoms with Crippen LogP contribution >= 0.6 is 0 Å². The number of rotatable bonds is 4. The molecule has 152 valence electrons. The van der Waals surface area contributed by atoms with E-state index in [0.717, 1.165) is 5.75 Å². The molecule has 29 heavy (non-hydrogen) atoms. The number of carbonyl (C=O) groups excluding carboxylic acids is 2. The predicted octanol–water partition coefficient (Wildman–Crippen LogP) is 2.21. The number of benzene rings is 2. The van der Waals surface area contributed by atoms with Crippen LogP contribution in [0.5, 0.6) is 17.2 Å². The minimum absolute atomic E-state index is 0.0358. The Kier molecular flexibility index (Phi) is 5.55. The van der Waals surface area contributed by atoms with Gasteiger partial charge in [-0.1, -0.05) is 12.1 Å². The largest absolute Gasteiger partial charge is 0.494 e. The van der Waals surface area contributed by atoms with E-state index >= 15 is 0 Å². The van der Waals surface area contributed by atoms with Crippen molar-refractivity contribution in [3.63, 3.8) is 0 Å². The average Bonchev–Trinajstić information content (AvgIpc) is 2.78. The zero-order valence-corrected chi connectivity index (χ0v) is 16.4. The summed E-state index contributed by atoms with van der Waals surface area (Å²) >= 11 is 0. The molecule has 2 aromatic carbocycles. The van der Waals surface area contributed by atoms with E-state index < -0.39 is 6.10 Å². The molecule has 7 nitrogen and oxygen atoms in total. The number of carbonyl (C=O) groups is 2. The summed E-state index contributed by atoms with van der Waals surface area (Å²) in [5.74, 6) is 1.85. The van der Waals surface area contributed by atoms with Gasteiger partial charge in [0.2, 0.25) is 6.10 Å². The summed E-state index contributed by atoms with van der Waals surface area (Å²) in [6, 6.07) is 14.5. The third-order valence-electron chi connectivity index (χ3n) is 5.07. The molecule has 0 aliphatic carbocycles. The predicted molar refractivity (Wildman–Crippen MR) is 106 cm³/mol. The van der Waals surface area contributed by atoms with Gasteiger partial charge in [0.15, 0.2) is 11.5 Å². The monoisotopic (exact) mass is 396 g/mol. The molecule has 7 heteroatoms. The van der Waals surface area contributed by atoms with Crippen molar-refractivity contribution in [2.24, 2.45) is 0 Å². The molecule has 2 aromatic rings. The lowest BCUT2D eigenvalue weighted by Crippen LogP contribution is -2.55. The first-order valence-electron chi connectivity index (χ1n) is 9.85. The molecule has 0 N–H and O–H groups in total. The van der Waals surface area contributed by atoms with Crippen LogP contribution in [-0.2, 0) is 4.79 Å². The van der Waals surface area contributed by atoms with E-state index in [9.17, 15) is 9.59 Å². The van der Waals surface area contributed by atoms with E-state index in [-0.39, 0.29) is 18.4 Å². The number of hydrogen-bond acceptors (Lipinski definition) is 5. The van der Waals surface area contributed by atoms with E-state index in [1.54, 1.807) is 40.1 Å². The van der Waals surface area contributed by atoms with Gasteiger partial charge in [-0.2, -0.15) is 0 Å². The van der Waals surface area contributed by atoms with Gasteiger partial charge in [-0.05, 0) is 43.3 Å². The van der Waals surface area contributed by atoms with Gasteiger partial charge in [-0.3, -0.25) is 9.59 Å². The first kappa shape index (κ1) is 19.1. The van der Waals surface area contributed by atoms with Crippen LogP contribution in [0.2, 0.25) is 0 Å². The van der Waals surface area contributed by atoms with Crippen molar-refractivity contribution >= 4 is 11.8 Å². The van der Waals surface area contributed by atoms with Crippen LogP contribution in [0.15, 0.2) is 48.5 Å². The van der Waals surface area contributed by atoms with Gasteiger partial charge in [-0.25, -0.2) is 0 Å². The zero-order chi connectivity index (χ0) is 20.2. The molecule has 2 aliphatic rings. The lowest BCUT2D eigenvalue weighted by molar-refractivity contribution is -0.142. The maximum atomic E-state index is 12.8. The fourth-order valence-electron chi connectivity index (χ4n) is 3.52. The SMILES string of the molecule is CCOc1ccc(C(=O)N2CCN(C(=O)[C@@H]3COc4ccccc4O3)CC2)cc1. The van der Waals surface area contributed by atoms with Gasteiger partial charge in [0.1, 0.15) is 12.4 Å². The van der Waals surface area contributed by atoms with Crippen LogP contribution in [-0.4, -0.2) is 67.1 Å². The Morgan fingerprint density at radius 1 is 0.966 bits per heavy atom. The topological polar surface area (TPSA) is 68.3 Å². The lowest BCUT2D eigenvalue weighted by Gasteiger charge is -2.37. The summed E-state index contributed by atoms with van der Waals surface area (Å²) in [4.78, 5) is 29.0. The summed E-state index contributed by atoms with van der Waals surface area (Å²) in [6.45, 7) is 4.63. The molecule has 0 unspecified atom stereocenters. The molecule has 1 atom stereocenters. The highest BCUT2D eigenvalue weighted by atomic mass is 16.6. The van der Waals surface area contributed by atoms with Gasteiger partial charge in [0, 0.05) is 31.7 Å². The Hall–Kier alpha value is -3.22. The van der Waals surface area contributed by atoms with Crippen molar-refractivity contribution < 1.29 is 23.8 Å². The summed E-state index contributed by atoms with van der Waals surface area (Å²) in [5.41, 5.74) is 0.619. The van der Waals surface area contributed by atoms with Crippen molar-refractivity contribution in [2.45, 2.75) is 13.0 Å². The molecule has 0 saturated carbocycles. The summed E-state index contributed by atoms with van der Waals surface area (Å²) in [5, 5.41) is 0. The Labute approximate surface area is 169 Å². The Balaban J connectivity index is 1.32. The molecule has 2 amide bonds. The number of fused-ring (bicyclic) bond motifs is 1. The van der Waals surface area contributed by atoms with Gasteiger partial charge >= 0.3 is 0 Å². The summed E-state index contributed by atoms with van der Waals surface area (Å²) < 4.78 is 16.9. The van der Waals surface area contributed by atoms with E-state index in [0.29, 0.717) is 49.8 Å². The number of hydrogen-bond donors (Lipinski definition) is 0. The molecule has 1 saturated heterocycles. The van der Waals surface area contributed by atoms with Gasteiger partial charge in [0.05, 0.1) is 6.61 Å². The number of para-hydroxylation sites is 2. The van der Waals surface area contributed by atoms with Crippen LogP contribution in [0.4, 0.5) is 0 Å². The Bertz CT molecular complexity index is 875. The van der Waals surface area contributed by atoms with E-state index in [1.807, 2.05) is 25.1 Å². The van der Waals surface area contributed by atoms with E-state index in [2.05, 4.69) is 0 Å². The molecule has 4 rings (SSSR count). The molecule has 0 spiro atoms. The molecule has 2 aliphatic heterocycles. The maximum Gasteiger partial charge on any atom is 0.267 e.